The van der Waals surface area contributed by atoms with Gasteiger partial charge in [-0.15, -0.1) is 11.8 Å². The molecule has 5 atom stereocenters. The summed E-state index contributed by atoms with van der Waals surface area (Å²) in [6.07, 6.45) is -1.37. The summed E-state index contributed by atoms with van der Waals surface area (Å²) in [7, 11) is 5.53. The predicted octanol–water partition coefficient (Wildman–Crippen LogP) is -1.30. The van der Waals surface area contributed by atoms with Gasteiger partial charge in [0.25, 0.3) is 0 Å². The number of nitrogens with one attached hydrogen (secondary N) is 1. The molecule has 0 bridgehead atoms. The summed E-state index contributed by atoms with van der Waals surface area (Å²) in [5.41, 5.74) is 6.49. The molecular weight excluding hydrogens is 476 g/mol. The lowest BCUT2D eigenvalue weighted by molar-refractivity contribution is -0.873. The van der Waals surface area contributed by atoms with E-state index in [9.17, 15) is 29.4 Å². The molecule has 2 aliphatic rings. The third-order valence-corrected chi connectivity index (χ3v) is 7.50. The summed E-state index contributed by atoms with van der Waals surface area (Å²) in [6, 6.07) is 3.02. The number of nitrogens with two attached hydrogens (primary N) is 1. The molecule has 2 saturated heterocycles. The van der Waals surface area contributed by atoms with Gasteiger partial charge in [0.2, 0.25) is 11.8 Å². The van der Waals surface area contributed by atoms with Gasteiger partial charge in [-0.2, -0.15) is 0 Å². The molecule has 4 N–H and O–H groups in total. The zero-order chi connectivity index (χ0) is 26.3. The summed E-state index contributed by atoms with van der Waals surface area (Å²) in [5, 5.41) is 22.8. The van der Waals surface area contributed by atoms with Crippen molar-refractivity contribution in [2.75, 3.05) is 27.7 Å². The molecule has 1 aromatic rings. The smallest absolute Gasteiger partial charge is 0.330 e. The number of aromatic hydroxyl groups is 1. The number of carboxylic acids is 1. The minimum atomic E-state index is -1.33. The van der Waals surface area contributed by atoms with E-state index in [-0.39, 0.29) is 12.3 Å². The van der Waals surface area contributed by atoms with Crippen LogP contribution in [0.15, 0.2) is 24.3 Å². The van der Waals surface area contributed by atoms with E-state index in [2.05, 4.69) is 5.32 Å². The first kappa shape index (κ1) is 26.8. The van der Waals surface area contributed by atoms with Crippen molar-refractivity contribution in [3.8, 4) is 5.75 Å². The number of benzene rings is 1. The van der Waals surface area contributed by atoms with Crippen LogP contribution in [0.25, 0.3) is 0 Å². The Kier molecular flexibility index (Phi) is 7.39. The van der Waals surface area contributed by atoms with Crippen molar-refractivity contribution in [3.63, 3.8) is 0 Å². The summed E-state index contributed by atoms with van der Waals surface area (Å²) >= 11 is 1.35. The van der Waals surface area contributed by atoms with Crippen LogP contribution >= 0.6 is 11.8 Å². The van der Waals surface area contributed by atoms with Crippen molar-refractivity contribution >= 4 is 35.5 Å². The van der Waals surface area contributed by atoms with Crippen LogP contribution in [0.1, 0.15) is 31.9 Å². The number of aliphatic carboxylic acids is 1. The minimum absolute atomic E-state index is 0.0389. The second kappa shape index (κ2) is 9.67. The Morgan fingerprint density at radius 1 is 1.26 bits per heavy atom. The second-order valence-corrected chi connectivity index (χ2v) is 12.2. The largest absolute Gasteiger partial charge is 0.550 e. The van der Waals surface area contributed by atoms with Gasteiger partial charge in [0.15, 0.2) is 6.10 Å². The highest BCUT2D eigenvalue weighted by molar-refractivity contribution is 8.01. The molecule has 2 fully saturated rings. The SMILES string of the molecule is CC1(C)S[C@@H]2[C@H](NC(=O)[C@H](N)c3ccc(O)cc3)C(=O)N2[C@H]1C(=O)OC(CC(=O)[O-])C[N+](C)(C)C. The van der Waals surface area contributed by atoms with Crippen LogP contribution in [-0.2, 0) is 23.9 Å². The highest BCUT2D eigenvalue weighted by Crippen LogP contribution is 2.51. The molecule has 2 amide bonds. The number of likely N-dealkylation sites (N-methyl/N-ethyl adjacent to an activating group) is 1. The molecule has 1 unspecified atom stereocenters. The second-order valence-electron chi connectivity index (χ2n) is 10.4. The number of carbonyl (C=O) groups excluding carboxylic acids is 4. The van der Waals surface area contributed by atoms with Crippen LogP contribution in [-0.4, -0.2) is 94.2 Å². The molecule has 0 aromatic heterocycles. The molecule has 3 rings (SSSR count). The summed E-state index contributed by atoms with van der Waals surface area (Å²) in [5.74, 6) is -2.98. The van der Waals surface area contributed by atoms with Gasteiger partial charge in [-0.05, 0) is 31.5 Å². The maximum atomic E-state index is 13.1. The van der Waals surface area contributed by atoms with Crippen molar-refractivity contribution in [3.05, 3.63) is 29.8 Å². The van der Waals surface area contributed by atoms with Crippen molar-refractivity contribution in [1.82, 2.24) is 10.2 Å². The van der Waals surface area contributed by atoms with E-state index in [1.165, 1.54) is 40.9 Å². The molecule has 2 heterocycles. The van der Waals surface area contributed by atoms with Crippen LogP contribution in [0.5, 0.6) is 5.75 Å². The van der Waals surface area contributed by atoms with Gasteiger partial charge in [-0.25, -0.2) is 4.79 Å². The molecule has 35 heavy (non-hydrogen) atoms. The maximum absolute atomic E-state index is 13.1. The fourth-order valence-corrected chi connectivity index (χ4v) is 5.99. The topological polar surface area (TPSA) is 162 Å². The molecule has 192 valence electrons. The quantitative estimate of drug-likeness (QED) is 0.209. The van der Waals surface area contributed by atoms with Gasteiger partial charge in [0.1, 0.15) is 35.8 Å². The third-order valence-electron chi connectivity index (χ3n) is 5.93. The molecule has 0 radical (unpaired) electrons. The molecular formula is C23H32N4O7S. The lowest BCUT2D eigenvalue weighted by atomic mass is 9.95. The minimum Gasteiger partial charge on any atom is -0.550 e. The Morgan fingerprint density at radius 3 is 2.40 bits per heavy atom. The van der Waals surface area contributed by atoms with Crippen molar-refractivity contribution < 1.29 is 38.6 Å². The van der Waals surface area contributed by atoms with Crippen LogP contribution < -0.4 is 16.2 Å². The number of β-lactam (4-membered cyclic amide) rings is 1. The van der Waals surface area contributed by atoms with E-state index in [0.29, 0.717) is 10.0 Å². The van der Waals surface area contributed by atoms with Gasteiger partial charge in [-0.1, -0.05) is 12.1 Å². The standard InChI is InChI=1S/C23H32N4O7S/c1-23(2)18(22(33)34-14(10-15(29)30)11-27(3,4)5)26-20(32)17(21(26)35-23)25-19(31)16(24)12-6-8-13(28)9-7-12/h6-9,14,16-18,21H,10-11,24H2,1-5H3,(H2-,25,28,29,30,31)/t14?,16-,17-,18+,21-/m1/s1. The lowest BCUT2D eigenvalue weighted by Gasteiger charge is -2.44. The molecule has 0 aliphatic carbocycles. The summed E-state index contributed by atoms with van der Waals surface area (Å²) in [4.78, 5) is 51.4. The number of ether oxygens (including phenoxy) is 1. The number of esters is 1. The van der Waals surface area contributed by atoms with E-state index >= 15 is 0 Å². The summed E-state index contributed by atoms with van der Waals surface area (Å²) in [6.45, 7) is 3.85. The Morgan fingerprint density at radius 2 is 1.86 bits per heavy atom. The van der Waals surface area contributed by atoms with Crippen LogP contribution in [0.2, 0.25) is 0 Å². The number of thioether (sulfide) groups is 1. The molecule has 2 aliphatic heterocycles. The normalized spacial score (nSPS) is 24.7. The first-order chi connectivity index (χ1) is 16.1. The van der Waals surface area contributed by atoms with E-state index in [0.717, 1.165) is 0 Å². The van der Waals surface area contributed by atoms with E-state index in [4.69, 9.17) is 10.5 Å². The Hall–Kier alpha value is -2.83. The fourth-order valence-electron chi connectivity index (χ4n) is 4.37. The molecule has 0 saturated carbocycles. The van der Waals surface area contributed by atoms with Gasteiger partial charge in [0.05, 0.1) is 21.1 Å². The zero-order valence-corrected chi connectivity index (χ0v) is 21.2. The van der Waals surface area contributed by atoms with Crippen molar-refractivity contribution in [1.29, 1.82) is 0 Å². The Bertz CT molecular complexity index is 1010. The van der Waals surface area contributed by atoms with E-state index in [1.807, 2.05) is 21.1 Å². The molecule has 0 spiro atoms. The van der Waals surface area contributed by atoms with Crippen LogP contribution in [0.3, 0.4) is 0 Å². The molecule has 12 heteroatoms. The summed E-state index contributed by atoms with van der Waals surface area (Å²) < 4.78 is 5.20. The van der Waals surface area contributed by atoms with Crippen LogP contribution in [0.4, 0.5) is 0 Å². The zero-order valence-electron chi connectivity index (χ0n) is 20.4. The third kappa shape index (κ3) is 5.88. The number of hydrogen-bond donors (Lipinski definition) is 3. The Labute approximate surface area is 208 Å². The van der Waals surface area contributed by atoms with Crippen molar-refractivity contribution in [2.24, 2.45) is 5.73 Å². The number of amides is 2. The number of nitrogens with zero attached hydrogens (tertiary/aromatic N) is 2. The maximum Gasteiger partial charge on any atom is 0.330 e. The van der Waals surface area contributed by atoms with E-state index in [1.54, 1.807) is 13.8 Å². The van der Waals surface area contributed by atoms with Crippen molar-refractivity contribution in [2.45, 2.75) is 54.6 Å². The van der Waals surface area contributed by atoms with Gasteiger partial charge in [0, 0.05) is 17.1 Å². The van der Waals surface area contributed by atoms with Crippen LogP contribution in [0, 0.1) is 0 Å². The van der Waals surface area contributed by atoms with Gasteiger partial charge >= 0.3 is 5.97 Å². The monoisotopic (exact) mass is 508 g/mol. The lowest BCUT2D eigenvalue weighted by Crippen LogP contribution is -2.71. The highest BCUT2D eigenvalue weighted by atomic mass is 32.2. The molecule has 1 aromatic carbocycles. The number of carbonyl (C=O) groups is 4. The first-order valence-corrected chi connectivity index (χ1v) is 12.0. The highest BCUT2D eigenvalue weighted by Gasteiger charge is 2.64. The number of hydrogen-bond acceptors (Lipinski definition) is 9. The fraction of sp³-hybridized carbons (Fsp3) is 0.565. The number of fused-ring (bicyclic) bond motifs is 1. The number of phenols is 1. The number of phenolic OH excluding ortho intramolecular Hbond substituents is 1. The first-order valence-electron chi connectivity index (χ1n) is 11.2. The van der Waals surface area contributed by atoms with E-state index < -0.39 is 64.5 Å². The number of quaternary nitrogens is 1. The van der Waals surface area contributed by atoms with Gasteiger partial charge in [-0.3, -0.25) is 9.59 Å². The molecule has 11 nitrogen and oxygen atoms in total. The average Bonchev–Trinajstić information content (AvgIpc) is 2.98. The number of rotatable bonds is 9. The van der Waals surface area contributed by atoms with Gasteiger partial charge < -0.3 is 40.2 Å². The number of carboxylic acid groups (broad SMARTS) is 1. The Balaban J connectivity index is 1.70. The average molecular weight is 509 g/mol. The predicted molar refractivity (Wildman–Crippen MR) is 125 cm³/mol.